The van der Waals surface area contributed by atoms with Crippen molar-refractivity contribution in [3.8, 4) is 0 Å². The second kappa shape index (κ2) is 4.47. The van der Waals surface area contributed by atoms with E-state index in [1.165, 1.54) is 0 Å². The van der Waals surface area contributed by atoms with Crippen LogP contribution in [0.1, 0.15) is 11.7 Å². The first-order chi connectivity index (χ1) is 8.36. The Morgan fingerprint density at radius 2 is 1.88 bits per heavy atom. The summed E-state index contributed by atoms with van der Waals surface area (Å²) in [6.07, 6.45) is -0.331. The fourth-order valence-electron chi connectivity index (χ4n) is 2.16. The van der Waals surface area contributed by atoms with Gasteiger partial charge >= 0.3 is 0 Å². The van der Waals surface area contributed by atoms with Crippen molar-refractivity contribution in [3.63, 3.8) is 0 Å². The molecule has 0 radical (unpaired) electrons. The van der Waals surface area contributed by atoms with Crippen molar-refractivity contribution >= 4 is 5.91 Å². The number of hydrogen-bond donors (Lipinski definition) is 0. The molecule has 0 aromatic heterocycles. The maximum atomic E-state index is 12.1. The molecule has 1 aromatic carbocycles. The van der Waals surface area contributed by atoms with Crippen LogP contribution in [-0.2, 0) is 14.3 Å². The van der Waals surface area contributed by atoms with Gasteiger partial charge in [0.15, 0.2) is 6.10 Å². The molecule has 0 unspecified atom stereocenters. The third-order valence-corrected chi connectivity index (χ3v) is 3.19. The minimum atomic E-state index is -0.282. The lowest BCUT2D eigenvalue weighted by Gasteiger charge is -2.26. The number of morpholine rings is 1. The molecule has 0 bridgehead atoms. The molecular formula is C13H15NO3. The fraction of sp³-hybridized carbons (Fsp3) is 0.462. The molecule has 3 rings (SSSR count). The molecule has 2 fully saturated rings. The summed E-state index contributed by atoms with van der Waals surface area (Å²) < 4.78 is 10.7. The maximum absolute atomic E-state index is 12.1. The number of carbonyl (C=O) groups is 1. The molecule has 4 heteroatoms. The lowest BCUT2D eigenvalue weighted by molar-refractivity contribution is -0.136. The van der Waals surface area contributed by atoms with Gasteiger partial charge in [0.25, 0.3) is 5.91 Å². The molecular weight excluding hydrogens is 218 g/mol. The molecule has 1 amide bonds. The zero-order valence-corrected chi connectivity index (χ0v) is 9.54. The first-order valence-electron chi connectivity index (χ1n) is 5.93. The molecule has 2 aliphatic rings. The predicted molar refractivity (Wildman–Crippen MR) is 61.5 cm³/mol. The third-order valence-electron chi connectivity index (χ3n) is 3.19. The summed E-state index contributed by atoms with van der Waals surface area (Å²) >= 11 is 0. The third kappa shape index (κ3) is 2.18. The van der Waals surface area contributed by atoms with Crippen molar-refractivity contribution < 1.29 is 14.3 Å². The lowest BCUT2D eigenvalue weighted by atomic mass is 10.1. The largest absolute Gasteiger partial charge is 0.378 e. The Bertz CT molecular complexity index is 400. The zero-order valence-electron chi connectivity index (χ0n) is 9.54. The van der Waals surface area contributed by atoms with E-state index in [1.54, 1.807) is 0 Å². The number of rotatable bonds is 2. The van der Waals surface area contributed by atoms with Gasteiger partial charge in [0.05, 0.1) is 13.2 Å². The predicted octanol–water partition coefficient (Wildman–Crippen LogP) is 0.985. The van der Waals surface area contributed by atoms with Crippen LogP contribution < -0.4 is 0 Å². The van der Waals surface area contributed by atoms with Crippen molar-refractivity contribution in [2.75, 3.05) is 26.3 Å². The van der Waals surface area contributed by atoms with Gasteiger partial charge in [-0.05, 0) is 5.56 Å². The minimum absolute atomic E-state index is 0.0495. The highest BCUT2D eigenvalue weighted by molar-refractivity contribution is 5.84. The van der Waals surface area contributed by atoms with Crippen molar-refractivity contribution in [3.05, 3.63) is 35.9 Å². The van der Waals surface area contributed by atoms with Crippen molar-refractivity contribution in [2.45, 2.75) is 12.2 Å². The molecule has 0 aliphatic carbocycles. The SMILES string of the molecule is O=C([C@@H]1O[C@H]1c1ccccc1)N1CCOCC1. The molecule has 1 aromatic rings. The van der Waals surface area contributed by atoms with Crippen LogP contribution >= 0.6 is 0 Å². The summed E-state index contributed by atoms with van der Waals surface area (Å²) in [5.41, 5.74) is 1.08. The highest BCUT2D eigenvalue weighted by Gasteiger charge is 2.47. The van der Waals surface area contributed by atoms with Crippen LogP contribution in [0.5, 0.6) is 0 Å². The van der Waals surface area contributed by atoms with Gasteiger partial charge in [-0.15, -0.1) is 0 Å². The minimum Gasteiger partial charge on any atom is -0.378 e. The van der Waals surface area contributed by atoms with Gasteiger partial charge in [0.2, 0.25) is 0 Å². The first-order valence-corrected chi connectivity index (χ1v) is 5.93. The van der Waals surface area contributed by atoms with Crippen LogP contribution in [0.3, 0.4) is 0 Å². The number of amides is 1. The van der Waals surface area contributed by atoms with Crippen LogP contribution in [0.15, 0.2) is 30.3 Å². The normalized spacial score (nSPS) is 27.9. The van der Waals surface area contributed by atoms with Crippen LogP contribution in [-0.4, -0.2) is 43.2 Å². The number of epoxide rings is 1. The van der Waals surface area contributed by atoms with Gasteiger partial charge in [-0.3, -0.25) is 4.79 Å². The average Bonchev–Trinajstić information content (AvgIpc) is 3.20. The molecule has 0 spiro atoms. The Morgan fingerprint density at radius 1 is 1.18 bits per heavy atom. The Labute approximate surface area is 100 Å². The number of nitrogens with zero attached hydrogens (tertiary/aromatic N) is 1. The monoisotopic (exact) mass is 233 g/mol. The van der Waals surface area contributed by atoms with Crippen LogP contribution in [0, 0.1) is 0 Å². The van der Waals surface area contributed by atoms with E-state index in [0.717, 1.165) is 5.56 Å². The number of hydrogen-bond acceptors (Lipinski definition) is 3. The van der Waals surface area contributed by atoms with Gasteiger partial charge in [0, 0.05) is 13.1 Å². The Balaban J connectivity index is 1.62. The lowest BCUT2D eigenvalue weighted by Crippen LogP contribution is -2.42. The number of ether oxygens (including phenoxy) is 2. The standard InChI is InChI=1S/C13H15NO3/c15-13(14-6-8-16-9-7-14)12-11(17-12)10-4-2-1-3-5-10/h1-5,11-12H,6-9H2/t11-,12+/m0/s1. The summed E-state index contributed by atoms with van der Waals surface area (Å²) in [6, 6.07) is 9.89. The summed E-state index contributed by atoms with van der Waals surface area (Å²) in [5, 5.41) is 0. The topological polar surface area (TPSA) is 42.1 Å². The first kappa shape index (κ1) is 10.7. The Kier molecular flexibility index (Phi) is 2.82. The summed E-state index contributed by atoms with van der Waals surface area (Å²) in [5.74, 6) is 0.0992. The molecule has 0 saturated carbocycles. The van der Waals surface area contributed by atoms with E-state index in [4.69, 9.17) is 9.47 Å². The molecule has 2 saturated heterocycles. The van der Waals surface area contributed by atoms with E-state index >= 15 is 0 Å². The van der Waals surface area contributed by atoms with Gasteiger partial charge < -0.3 is 14.4 Å². The highest BCUT2D eigenvalue weighted by Crippen LogP contribution is 2.39. The van der Waals surface area contributed by atoms with E-state index in [2.05, 4.69) is 0 Å². The highest BCUT2D eigenvalue weighted by atomic mass is 16.6. The number of benzene rings is 1. The van der Waals surface area contributed by atoms with Crippen LogP contribution in [0.2, 0.25) is 0 Å². The average molecular weight is 233 g/mol. The van der Waals surface area contributed by atoms with Crippen molar-refractivity contribution in [2.24, 2.45) is 0 Å². The van der Waals surface area contributed by atoms with Gasteiger partial charge in [0.1, 0.15) is 6.10 Å². The van der Waals surface area contributed by atoms with Crippen LogP contribution in [0.25, 0.3) is 0 Å². The second-order valence-corrected chi connectivity index (χ2v) is 4.33. The molecule has 2 atom stereocenters. The van der Waals surface area contributed by atoms with Gasteiger partial charge in [-0.25, -0.2) is 0 Å². The summed E-state index contributed by atoms with van der Waals surface area (Å²) in [4.78, 5) is 13.9. The summed E-state index contributed by atoms with van der Waals surface area (Å²) in [6.45, 7) is 2.63. The molecule has 2 heterocycles. The van der Waals surface area contributed by atoms with E-state index in [1.807, 2.05) is 35.2 Å². The number of carbonyl (C=O) groups excluding carboxylic acids is 1. The molecule has 90 valence electrons. The molecule has 2 aliphatic heterocycles. The Morgan fingerprint density at radius 3 is 2.59 bits per heavy atom. The van der Waals surface area contributed by atoms with Crippen LogP contribution in [0.4, 0.5) is 0 Å². The molecule has 17 heavy (non-hydrogen) atoms. The van der Waals surface area contributed by atoms with E-state index in [-0.39, 0.29) is 18.1 Å². The van der Waals surface area contributed by atoms with Gasteiger partial charge in [-0.1, -0.05) is 30.3 Å². The summed E-state index contributed by atoms with van der Waals surface area (Å²) in [7, 11) is 0. The maximum Gasteiger partial charge on any atom is 0.254 e. The molecule has 0 N–H and O–H groups in total. The van der Waals surface area contributed by atoms with E-state index in [0.29, 0.717) is 26.3 Å². The van der Waals surface area contributed by atoms with E-state index in [9.17, 15) is 4.79 Å². The fourth-order valence-corrected chi connectivity index (χ4v) is 2.16. The van der Waals surface area contributed by atoms with Gasteiger partial charge in [-0.2, -0.15) is 0 Å². The quantitative estimate of drug-likeness (QED) is 0.715. The van der Waals surface area contributed by atoms with E-state index < -0.39 is 0 Å². The second-order valence-electron chi connectivity index (χ2n) is 4.33. The van der Waals surface area contributed by atoms with Crippen molar-refractivity contribution in [1.29, 1.82) is 0 Å². The zero-order chi connectivity index (χ0) is 11.7. The molecule has 4 nitrogen and oxygen atoms in total. The van der Waals surface area contributed by atoms with Crippen molar-refractivity contribution in [1.82, 2.24) is 4.90 Å². The Hall–Kier alpha value is -1.39. The smallest absolute Gasteiger partial charge is 0.254 e.